The first kappa shape index (κ1) is 33.9. The fourth-order valence-electron chi connectivity index (χ4n) is 8.44. The molecule has 3 heteroatoms. The molecular weight excluding hydrogens is 607 g/mol. The smallest absolute Gasteiger partial charge is 1.00 e. The molecule has 0 amide bonds. The van der Waals surface area contributed by atoms with Crippen molar-refractivity contribution >= 4 is 0 Å². The van der Waals surface area contributed by atoms with Crippen LogP contribution >= 0.6 is 0 Å². The summed E-state index contributed by atoms with van der Waals surface area (Å²) in [6.45, 7) is 24.1. The molecular formula is C37H48Cl2Zr. The second-order valence-corrected chi connectivity index (χ2v) is 16.0. The Hall–Kier alpha value is -0.617. The first-order chi connectivity index (χ1) is 17.1. The predicted molar refractivity (Wildman–Crippen MR) is 159 cm³/mol. The number of hydrogen-bond acceptors (Lipinski definition) is 0. The topological polar surface area (TPSA) is 0 Å². The average molecular weight is 655 g/mol. The third-order valence-electron chi connectivity index (χ3n) is 10.7. The third kappa shape index (κ3) is 5.01. The molecule has 0 radical (unpaired) electrons. The van der Waals surface area contributed by atoms with E-state index in [0.29, 0.717) is 5.92 Å². The summed E-state index contributed by atoms with van der Waals surface area (Å²) in [5.41, 5.74) is 14.9. The maximum Gasteiger partial charge on any atom is 2.00 e. The maximum atomic E-state index is 2.69. The van der Waals surface area contributed by atoms with Gasteiger partial charge in [-0.15, -0.1) is 0 Å². The summed E-state index contributed by atoms with van der Waals surface area (Å²) >= 11 is 0. The van der Waals surface area contributed by atoms with Crippen molar-refractivity contribution in [2.45, 2.75) is 112 Å². The largest absolute Gasteiger partial charge is 2.00 e. The van der Waals surface area contributed by atoms with Gasteiger partial charge in [-0.3, -0.25) is 0 Å². The number of fused-ring (bicyclic) bond motifs is 5. The second kappa shape index (κ2) is 10.8. The van der Waals surface area contributed by atoms with Crippen LogP contribution in [0.25, 0.3) is 11.1 Å². The van der Waals surface area contributed by atoms with Gasteiger partial charge in [0.15, 0.2) is 0 Å². The van der Waals surface area contributed by atoms with E-state index in [1.165, 1.54) is 47.9 Å². The molecule has 4 aliphatic carbocycles. The van der Waals surface area contributed by atoms with Crippen molar-refractivity contribution in [1.82, 2.24) is 0 Å². The van der Waals surface area contributed by atoms with Crippen LogP contribution in [0.15, 0.2) is 59.2 Å². The van der Waals surface area contributed by atoms with Crippen LogP contribution in [-0.2, 0) is 37.0 Å². The van der Waals surface area contributed by atoms with E-state index in [2.05, 4.69) is 112 Å². The van der Waals surface area contributed by atoms with Gasteiger partial charge in [0.1, 0.15) is 0 Å². The average Bonchev–Trinajstić information content (AvgIpc) is 3.53. The number of benzene rings is 2. The minimum Gasteiger partial charge on any atom is -1.00 e. The zero-order valence-electron chi connectivity index (χ0n) is 26.4. The van der Waals surface area contributed by atoms with E-state index in [4.69, 9.17) is 0 Å². The van der Waals surface area contributed by atoms with E-state index < -0.39 is 0 Å². The SMILES string of the molecule is CC(C)(C)C1=CC2=C(C1)C1CCCC1C2(C)C1c2cc(C(C)(C)C)ccc2-c2ccc(C(C)(C)C)cc21.[Cl-].[Cl-].[Zr+2]. The van der Waals surface area contributed by atoms with Crippen LogP contribution < -0.4 is 24.8 Å². The summed E-state index contributed by atoms with van der Waals surface area (Å²) in [6, 6.07) is 14.9. The van der Waals surface area contributed by atoms with Gasteiger partial charge >= 0.3 is 26.2 Å². The van der Waals surface area contributed by atoms with E-state index in [-0.39, 0.29) is 72.7 Å². The number of halogens is 2. The minimum atomic E-state index is 0. The quantitative estimate of drug-likeness (QED) is 0.425. The van der Waals surface area contributed by atoms with Gasteiger partial charge in [-0.1, -0.05) is 129 Å². The standard InChI is InChI=1S/C37H48.2ClH.Zr/c1-34(2,3)22-14-16-25-26-17-15-23(35(4,5)6)19-30(26)33(29(25)18-22)37(10)31-13-11-12-27(31)28-20-24(21-32(28)37)36(7,8)9;;;/h14-19,21,27,31,33H,11-13,20H2,1-10H3;2*1H;/q;;;+2/p-2. The Kier molecular flexibility index (Phi) is 9.17. The Morgan fingerprint density at radius 2 is 1.20 bits per heavy atom. The summed E-state index contributed by atoms with van der Waals surface area (Å²) < 4.78 is 0. The van der Waals surface area contributed by atoms with Crippen molar-refractivity contribution in [2.24, 2.45) is 22.7 Å². The van der Waals surface area contributed by atoms with Gasteiger partial charge in [0.2, 0.25) is 0 Å². The molecule has 0 spiro atoms. The van der Waals surface area contributed by atoms with Gasteiger partial charge in [0, 0.05) is 11.3 Å². The van der Waals surface area contributed by atoms with Crippen LogP contribution in [0.4, 0.5) is 0 Å². The van der Waals surface area contributed by atoms with Crippen molar-refractivity contribution < 1.29 is 51.0 Å². The molecule has 3 atom stereocenters. The molecule has 3 unspecified atom stereocenters. The zero-order chi connectivity index (χ0) is 26.7. The molecule has 0 aliphatic heterocycles. The van der Waals surface area contributed by atoms with E-state index >= 15 is 0 Å². The van der Waals surface area contributed by atoms with Crippen molar-refractivity contribution in [2.75, 3.05) is 0 Å². The predicted octanol–water partition coefficient (Wildman–Crippen LogP) is 4.51. The molecule has 1 fully saturated rings. The van der Waals surface area contributed by atoms with Crippen molar-refractivity contribution in [3.8, 4) is 11.1 Å². The first-order valence-electron chi connectivity index (χ1n) is 14.9. The van der Waals surface area contributed by atoms with Gasteiger partial charge < -0.3 is 24.8 Å². The minimum absolute atomic E-state index is 0. The Balaban J connectivity index is 0.00000147. The molecule has 1 saturated carbocycles. The first-order valence-corrected chi connectivity index (χ1v) is 14.9. The molecule has 0 heterocycles. The van der Waals surface area contributed by atoms with Gasteiger partial charge in [-0.2, -0.15) is 0 Å². The van der Waals surface area contributed by atoms with Crippen LogP contribution in [0.3, 0.4) is 0 Å². The molecule has 0 N–H and O–H groups in total. The van der Waals surface area contributed by atoms with Crippen LogP contribution in [0.1, 0.15) is 123 Å². The fourth-order valence-corrected chi connectivity index (χ4v) is 8.44. The van der Waals surface area contributed by atoms with Crippen molar-refractivity contribution in [1.29, 1.82) is 0 Å². The van der Waals surface area contributed by atoms with E-state index in [9.17, 15) is 0 Å². The molecule has 40 heavy (non-hydrogen) atoms. The molecule has 214 valence electrons. The molecule has 0 bridgehead atoms. The number of allylic oxidation sites excluding steroid dienone is 4. The number of rotatable bonds is 1. The van der Waals surface area contributed by atoms with Gasteiger partial charge in [-0.05, 0) is 86.3 Å². The summed E-state index contributed by atoms with van der Waals surface area (Å²) in [4.78, 5) is 0. The van der Waals surface area contributed by atoms with E-state index in [1.807, 2.05) is 5.57 Å². The number of hydrogen-bond donors (Lipinski definition) is 0. The van der Waals surface area contributed by atoms with Crippen LogP contribution in [0.5, 0.6) is 0 Å². The monoisotopic (exact) mass is 652 g/mol. The molecule has 0 saturated heterocycles. The molecule has 2 aromatic rings. The van der Waals surface area contributed by atoms with Crippen molar-refractivity contribution in [3.05, 3.63) is 81.4 Å². The summed E-state index contributed by atoms with van der Waals surface area (Å²) in [7, 11) is 0. The molecule has 0 nitrogen and oxygen atoms in total. The second-order valence-electron chi connectivity index (χ2n) is 16.0. The van der Waals surface area contributed by atoms with Gasteiger partial charge in [0.05, 0.1) is 0 Å². The van der Waals surface area contributed by atoms with E-state index in [1.54, 1.807) is 22.3 Å². The molecule has 4 aliphatic rings. The van der Waals surface area contributed by atoms with Crippen LogP contribution in [0.2, 0.25) is 0 Å². The van der Waals surface area contributed by atoms with Crippen LogP contribution in [-0.4, -0.2) is 0 Å². The van der Waals surface area contributed by atoms with Crippen molar-refractivity contribution in [3.63, 3.8) is 0 Å². The Morgan fingerprint density at radius 1 is 0.700 bits per heavy atom. The Morgan fingerprint density at radius 3 is 1.65 bits per heavy atom. The summed E-state index contributed by atoms with van der Waals surface area (Å²) in [6.07, 6.45) is 8.06. The normalized spacial score (nSPS) is 25.3. The Labute approximate surface area is 276 Å². The molecule has 6 rings (SSSR count). The van der Waals surface area contributed by atoms with E-state index in [0.717, 1.165) is 11.8 Å². The fraction of sp³-hybridized carbons (Fsp3) is 0.568. The summed E-state index contributed by atoms with van der Waals surface area (Å²) in [5.74, 6) is 1.96. The maximum absolute atomic E-state index is 2.69. The summed E-state index contributed by atoms with van der Waals surface area (Å²) in [5, 5.41) is 0. The van der Waals surface area contributed by atoms with Crippen LogP contribution in [0, 0.1) is 22.7 Å². The third-order valence-corrected chi connectivity index (χ3v) is 10.7. The van der Waals surface area contributed by atoms with Gasteiger partial charge in [0.25, 0.3) is 0 Å². The molecule has 0 aromatic heterocycles. The zero-order valence-corrected chi connectivity index (χ0v) is 30.3. The van der Waals surface area contributed by atoms with Gasteiger partial charge in [-0.25, -0.2) is 0 Å². The Bertz CT molecular complexity index is 1290. The molecule has 2 aromatic carbocycles.